The summed E-state index contributed by atoms with van der Waals surface area (Å²) in [4.78, 5) is 29.4. The normalized spacial score (nSPS) is 10.4. The van der Waals surface area contributed by atoms with E-state index in [-0.39, 0.29) is 31.2 Å². The summed E-state index contributed by atoms with van der Waals surface area (Å²) in [5, 5.41) is 13.8. The van der Waals surface area contributed by atoms with E-state index in [0.717, 1.165) is 0 Å². The van der Waals surface area contributed by atoms with Gasteiger partial charge in [0.05, 0.1) is 37.5 Å². The van der Waals surface area contributed by atoms with E-state index in [1.807, 2.05) is 6.07 Å². The molecular formula is C21H21N5O4. The minimum Gasteiger partial charge on any atom is -0.481 e. The number of rotatable bonds is 6. The molecular weight excluding hydrogens is 386 g/mol. The third-order valence-electron chi connectivity index (χ3n) is 4.41. The van der Waals surface area contributed by atoms with Crippen molar-refractivity contribution in [2.45, 2.75) is 6.42 Å². The molecule has 0 saturated heterocycles. The van der Waals surface area contributed by atoms with Gasteiger partial charge in [-0.05, 0) is 18.2 Å². The van der Waals surface area contributed by atoms with Gasteiger partial charge in [-0.3, -0.25) is 9.59 Å². The van der Waals surface area contributed by atoms with Gasteiger partial charge < -0.3 is 20.5 Å². The quantitative estimate of drug-likeness (QED) is 0.581. The summed E-state index contributed by atoms with van der Waals surface area (Å²) in [6.07, 6.45) is 1.60. The number of benzene rings is 1. The first kappa shape index (κ1) is 20.8. The fourth-order valence-electron chi connectivity index (χ4n) is 2.83. The Morgan fingerprint density at radius 3 is 2.83 bits per heavy atom. The highest BCUT2D eigenvalue weighted by Crippen LogP contribution is 2.24. The van der Waals surface area contributed by atoms with Gasteiger partial charge in [-0.15, -0.1) is 0 Å². The van der Waals surface area contributed by atoms with Crippen LogP contribution in [0.5, 0.6) is 5.88 Å². The van der Waals surface area contributed by atoms with Crippen LogP contribution in [0.25, 0.3) is 16.6 Å². The van der Waals surface area contributed by atoms with Gasteiger partial charge in [-0.1, -0.05) is 17.9 Å². The van der Waals surface area contributed by atoms with Gasteiger partial charge in [0.25, 0.3) is 5.91 Å². The molecule has 0 aliphatic heterocycles. The number of carbonyl (C=O) groups is 2. The first-order valence-electron chi connectivity index (χ1n) is 9.11. The number of nitrogens with two attached hydrogens (primary N) is 1. The van der Waals surface area contributed by atoms with Gasteiger partial charge >= 0.3 is 0 Å². The molecule has 1 aromatic carbocycles. The van der Waals surface area contributed by atoms with Gasteiger partial charge in [0.1, 0.15) is 0 Å². The molecule has 0 aliphatic rings. The molecule has 9 heteroatoms. The van der Waals surface area contributed by atoms with Crippen molar-refractivity contribution < 1.29 is 19.4 Å². The second kappa shape index (κ2) is 9.07. The van der Waals surface area contributed by atoms with Crippen molar-refractivity contribution in [2.24, 2.45) is 5.73 Å². The molecule has 0 fully saturated rings. The molecule has 0 radical (unpaired) electrons. The number of carbonyl (C=O) groups excluding carboxylic acids is 2. The number of ether oxygens (including phenoxy) is 1. The van der Waals surface area contributed by atoms with E-state index in [1.54, 1.807) is 42.2 Å². The van der Waals surface area contributed by atoms with Gasteiger partial charge in [0, 0.05) is 30.6 Å². The summed E-state index contributed by atoms with van der Waals surface area (Å²) in [5.74, 6) is 5.31. The Kier molecular flexibility index (Phi) is 6.29. The van der Waals surface area contributed by atoms with Crippen LogP contribution in [-0.4, -0.2) is 63.9 Å². The van der Waals surface area contributed by atoms with E-state index in [0.29, 0.717) is 28.0 Å². The van der Waals surface area contributed by atoms with Gasteiger partial charge in [-0.2, -0.15) is 5.10 Å². The van der Waals surface area contributed by atoms with E-state index >= 15 is 0 Å². The molecule has 2 heterocycles. The maximum atomic E-state index is 11.9. The molecule has 9 nitrogen and oxygen atoms in total. The predicted molar refractivity (Wildman–Crippen MR) is 110 cm³/mol. The molecule has 0 spiro atoms. The SMILES string of the molecule is COc1cc2c(C(N)=O)nn(-c3cccc(C#CCC(=O)N(C)CCO)c3)c2cn1. The van der Waals surface area contributed by atoms with Gasteiger partial charge in [0.15, 0.2) is 5.69 Å². The fraction of sp³-hybridized carbons (Fsp3) is 0.238. The van der Waals surface area contributed by atoms with E-state index in [2.05, 4.69) is 21.9 Å². The Bertz CT molecular complexity index is 1160. The average molecular weight is 407 g/mol. The second-order valence-electron chi connectivity index (χ2n) is 6.44. The van der Waals surface area contributed by atoms with Crippen LogP contribution in [0.1, 0.15) is 22.5 Å². The van der Waals surface area contributed by atoms with Crippen LogP contribution < -0.4 is 10.5 Å². The number of methoxy groups -OCH3 is 1. The van der Waals surface area contributed by atoms with Crippen LogP contribution in [0.15, 0.2) is 36.5 Å². The molecule has 3 N–H and O–H groups in total. The molecule has 30 heavy (non-hydrogen) atoms. The number of hydrogen-bond acceptors (Lipinski definition) is 6. The van der Waals surface area contributed by atoms with E-state index < -0.39 is 5.91 Å². The molecule has 2 aromatic heterocycles. The van der Waals surface area contributed by atoms with Crippen molar-refractivity contribution in [3.8, 4) is 23.4 Å². The minimum absolute atomic E-state index is 0.0426. The smallest absolute Gasteiger partial charge is 0.269 e. The number of amides is 2. The molecule has 154 valence electrons. The maximum absolute atomic E-state index is 11.9. The lowest BCUT2D eigenvalue weighted by Gasteiger charge is -2.13. The van der Waals surface area contributed by atoms with E-state index in [9.17, 15) is 9.59 Å². The highest BCUT2D eigenvalue weighted by Gasteiger charge is 2.17. The lowest BCUT2D eigenvalue weighted by molar-refractivity contribution is -0.129. The standard InChI is InChI=1S/C21H21N5O4/c1-25(9-10-27)19(28)8-4-6-14-5-3-7-15(11-14)26-17-13-23-18(30-2)12-16(17)20(24-26)21(22)29/h3,5,7,11-13,27H,8-10H2,1-2H3,(H2,22,29). The third-order valence-corrected chi connectivity index (χ3v) is 4.41. The molecule has 0 aliphatic carbocycles. The number of hydrogen-bond donors (Lipinski definition) is 2. The predicted octanol–water partition coefficient (Wildman–Crippen LogP) is 0.720. The largest absolute Gasteiger partial charge is 0.481 e. The Hall–Kier alpha value is -3.90. The van der Waals surface area contributed by atoms with Crippen LogP contribution in [0.4, 0.5) is 0 Å². The number of nitrogens with zero attached hydrogens (tertiary/aromatic N) is 4. The lowest BCUT2D eigenvalue weighted by atomic mass is 10.2. The van der Waals surface area contributed by atoms with Crippen LogP contribution in [0.3, 0.4) is 0 Å². The summed E-state index contributed by atoms with van der Waals surface area (Å²) in [5.41, 5.74) is 7.53. The third kappa shape index (κ3) is 4.39. The molecule has 3 aromatic rings. The number of aliphatic hydroxyl groups excluding tert-OH is 1. The Labute approximate surface area is 173 Å². The molecule has 2 amide bonds. The summed E-state index contributed by atoms with van der Waals surface area (Å²) in [6.45, 7) is 0.174. The Morgan fingerprint density at radius 1 is 1.33 bits per heavy atom. The lowest BCUT2D eigenvalue weighted by Crippen LogP contribution is -2.28. The number of likely N-dealkylation sites (N-methyl/N-ethyl adjacent to an activating group) is 1. The van der Waals surface area contributed by atoms with Crippen LogP contribution in [0, 0.1) is 11.8 Å². The highest BCUT2D eigenvalue weighted by molar-refractivity contribution is 6.04. The van der Waals surface area contributed by atoms with Gasteiger partial charge in [-0.25, -0.2) is 9.67 Å². The molecule has 0 saturated carbocycles. The number of aromatic nitrogens is 3. The fourth-order valence-corrected chi connectivity index (χ4v) is 2.83. The first-order valence-corrected chi connectivity index (χ1v) is 9.11. The summed E-state index contributed by atoms with van der Waals surface area (Å²) < 4.78 is 6.69. The summed E-state index contributed by atoms with van der Waals surface area (Å²) in [7, 11) is 3.10. The number of aliphatic hydroxyl groups is 1. The molecule has 0 unspecified atom stereocenters. The maximum Gasteiger partial charge on any atom is 0.269 e. The molecule has 3 rings (SSSR count). The summed E-state index contributed by atoms with van der Waals surface area (Å²) in [6, 6.07) is 8.81. The monoisotopic (exact) mass is 407 g/mol. The zero-order valence-corrected chi connectivity index (χ0v) is 16.6. The van der Waals surface area contributed by atoms with Crippen molar-refractivity contribution in [3.63, 3.8) is 0 Å². The van der Waals surface area contributed by atoms with Crippen LogP contribution >= 0.6 is 0 Å². The number of fused-ring (bicyclic) bond motifs is 1. The van der Waals surface area contributed by atoms with Crippen LogP contribution in [-0.2, 0) is 4.79 Å². The van der Waals surface area contributed by atoms with Crippen molar-refractivity contribution in [2.75, 3.05) is 27.3 Å². The van der Waals surface area contributed by atoms with Crippen molar-refractivity contribution >= 4 is 22.7 Å². The number of primary amides is 1. The average Bonchev–Trinajstić information content (AvgIpc) is 3.13. The Morgan fingerprint density at radius 2 is 2.13 bits per heavy atom. The van der Waals surface area contributed by atoms with E-state index in [4.69, 9.17) is 15.6 Å². The molecule has 0 atom stereocenters. The van der Waals surface area contributed by atoms with Crippen molar-refractivity contribution in [1.82, 2.24) is 19.7 Å². The summed E-state index contributed by atoms with van der Waals surface area (Å²) >= 11 is 0. The van der Waals surface area contributed by atoms with Gasteiger partial charge in [0.2, 0.25) is 11.8 Å². The topological polar surface area (TPSA) is 124 Å². The zero-order valence-electron chi connectivity index (χ0n) is 16.6. The number of pyridine rings is 1. The zero-order chi connectivity index (χ0) is 21.7. The Balaban J connectivity index is 1.93. The van der Waals surface area contributed by atoms with Crippen LogP contribution in [0.2, 0.25) is 0 Å². The van der Waals surface area contributed by atoms with E-state index in [1.165, 1.54) is 12.0 Å². The minimum atomic E-state index is -0.659. The van der Waals surface area contributed by atoms with Crippen molar-refractivity contribution in [3.05, 3.63) is 47.8 Å². The first-order chi connectivity index (χ1) is 14.4. The second-order valence-corrected chi connectivity index (χ2v) is 6.44. The van der Waals surface area contributed by atoms with Crippen molar-refractivity contribution in [1.29, 1.82) is 0 Å². The highest BCUT2D eigenvalue weighted by atomic mass is 16.5. The molecule has 0 bridgehead atoms.